The lowest BCUT2D eigenvalue weighted by molar-refractivity contribution is -0.114. The molecule has 0 saturated heterocycles. The van der Waals surface area contributed by atoms with Crippen LogP contribution in [0.15, 0.2) is 94.0 Å². The molecule has 0 radical (unpaired) electrons. The molecule has 0 spiro atoms. The number of carbonyl (C=O) groups excluding carboxylic acids is 3. The molecule has 3 aromatic carbocycles. The van der Waals surface area contributed by atoms with Gasteiger partial charge in [-0.25, -0.2) is 9.18 Å². The number of hydrogen-bond acceptors (Lipinski definition) is 6. The maximum atomic E-state index is 14.0. The SMILES string of the molecule is CCOC(=O)c1cccc(N2N=C(C(F)(F)F)/C(=C\c3ccc(-c4ccc(Cl)c(C(=O)NCc5ccc(F)cc5)c4)o3)C2=O)c1. The number of halogens is 5. The lowest BCUT2D eigenvalue weighted by atomic mass is 10.1. The number of esters is 1. The number of furan rings is 1. The van der Waals surface area contributed by atoms with E-state index in [1.54, 1.807) is 13.0 Å². The number of amides is 2. The molecular weight excluding hydrogens is 618 g/mol. The summed E-state index contributed by atoms with van der Waals surface area (Å²) in [5, 5.41) is 6.90. The molecule has 0 saturated carbocycles. The summed E-state index contributed by atoms with van der Waals surface area (Å²) in [6.45, 7) is 1.80. The zero-order valence-corrected chi connectivity index (χ0v) is 24.1. The van der Waals surface area contributed by atoms with Crippen LogP contribution in [0.3, 0.4) is 0 Å². The first kappa shape index (κ1) is 31.2. The molecule has 5 rings (SSSR count). The van der Waals surface area contributed by atoms with Crippen LogP contribution >= 0.6 is 11.6 Å². The predicted molar refractivity (Wildman–Crippen MR) is 158 cm³/mol. The summed E-state index contributed by atoms with van der Waals surface area (Å²) in [6.07, 6.45) is -4.07. The molecule has 1 N–H and O–H groups in total. The highest BCUT2D eigenvalue weighted by molar-refractivity contribution is 6.34. The predicted octanol–water partition coefficient (Wildman–Crippen LogP) is 7.19. The van der Waals surface area contributed by atoms with E-state index in [1.165, 1.54) is 72.8 Å². The molecular formula is C32H22ClF4N3O5. The second-order valence-electron chi connectivity index (χ2n) is 9.60. The Morgan fingerprint density at radius 3 is 2.51 bits per heavy atom. The molecule has 0 unspecified atom stereocenters. The molecule has 0 bridgehead atoms. The van der Waals surface area contributed by atoms with E-state index in [-0.39, 0.29) is 46.5 Å². The topological polar surface area (TPSA) is 101 Å². The fourth-order valence-corrected chi connectivity index (χ4v) is 4.57. The number of ether oxygens (including phenoxy) is 1. The molecule has 1 aromatic heterocycles. The first-order chi connectivity index (χ1) is 21.4. The molecule has 1 aliphatic heterocycles. The van der Waals surface area contributed by atoms with Gasteiger partial charge in [-0.2, -0.15) is 23.3 Å². The van der Waals surface area contributed by atoms with Gasteiger partial charge in [0.1, 0.15) is 17.3 Å². The van der Waals surface area contributed by atoms with Gasteiger partial charge in [0.05, 0.1) is 34.0 Å². The summed E-state index contributed by atoms with van der Waals surface area (Å²) in [7, 11) is 0. The van der Waals surface area contributed by atoms with Crippen molar-refractivity contribution in [1.82, 2.24) is 5.32 Å². The van der Waals surface area contributed by atoms with Crippen molar-refractivity contribution in [1.29, 1.82) is 0 Å². The molecule has 4 aromatic rings. The highest BCUT2D eigenvalue weighted by Gasteiger charge is 2.47. The van der Waals surface area contributed by atoms with Crippen LogP contribution in [0.25, 0.3) is 17.4 Å². The Morgan fingerprint density at radius 2 is 1.80 bits per heavy atom. The normalized spacial score (nSPS) is 14.1. The Morgan fingerprint density at radius 1 is 1.04 bits per heavy atom. The van der Waals surface area contributed by atoms with Crippen LogP contribution in [-0.4, -0.2) is 36.3 Å². The number of carbonyl (C=O) groups is 3. The summed E-state index contributed by atoms with van der Waals surface area (Å²) < 4.78 is 65.7. The first-order valence-electron chi connectivity index (χ1n) is 13.4. The lowest BCUT2D eigenvalue weighted by Gasteiger charge is -2.12. The van der Waals surface area contributed by atoms with Crippen LogP contribution in [0.5, 0.6) is 0 Å². The van der Waals surface area contributed by atoms with Crippen molar-refractivity contribution < 1.29 is 41.1 Å². The number of nitrogens with zero attached hydrogens (tertiary/aromatic N) is 2. The van der Waals surface area contributed by atoms with Crippen LogP contribution in [0, 0.1) is 5.82 Å². The third-order valence-electron chi connectivity index (χ3n) is 6.52. The number of rotatable bonds is 8. The van der Waals surface area contributed by atoms with E-state index in [2.05, 4.69) is 10.4 Å². The molecule has 0 atom stereocenters. The fourth-order valence-electron chi connectivity index (χ4n) is 4.37. The quantitative estimate of drug-likeness (QED) is 0.125. The van der Waals surface area contributed by atoms with Crippen LogP contribution in [-0.2, 0) is 16.1 Å². The Kier molecular flexibility index (Phi) is 8.87. The average Bonchev–Trinajstić information content (AvgIpc) is 3.62. The first-order valence-corrected chi connectivity index (χ1v) is 13.7. The van der Waals surface area contributed by atoms with Crippen LogP contribution < -0.4 is 10.3 Å². The number of benzene rings is 3. The molecule has 45 heavy (non-hydrogen) atoms. The zero-order valence-electron chi connectivity index (χ0n) is 23.3. The van der Waals surface area contributed by atoms with E-state index >= 15 is 0 Å². The van der Waals surface area contributed by atoms with Crippen molar-refractivity contribution in [2.75, 3.05) is 11.6 Å². The van der Waals surface area contributed by atoms with Gasteiger partial charge in [-0.1, -0.05) is 29.8 Å². The number of hydrogen-bond donors (Lipinski definition) is 1. The minimum Gasteiger partial charge on any atom is -0.462 e. The van der Waals surface area contributed by atoms with Crippen molar-refractivity contribution in [3.63, 3.8) is 0 Å². The van der Waals surface area contributed by atoms with Gasteiger partial charge in [0, 0.05) is 12.1 Å². The molecule has 1 aliphatic rings. The molecule has 0 aliphatic carbocycles. The summed E-state index contributed by atoms with van der Waals surface area (Å²) in [5.74, 6) is -2.64. The van der Waals surface area contributed by atoms with Gasteiger partial charge in [-0.15, -0.1) is 0 Å². The Hall–Kier alpha value is -5.23. The number of nitrogens with one attached hydrogen (secondary N) is 1. The van der Waals surface area contributed by atoms with E-state index in [0.29, 0.717) is 16.1 Å². The van der Waals surface area contributed by atoms with Crippen LogP contribution in [0.1, 0.15) is 39.0 Å². The van der Waals surface area contributed by atoms with Gasteiger partial charge in [-0.05, 0) is 79.2 Å². The number of anilines is 1. The second-order valence-corrected chi connectivity index (χ2v) is 10.0. The Bertz CT molecular complexity index is 1850. The molecule has 2 amide bonds. The van der Waals surface area contributed by atoms with Gasteiger partial charge in [0.2, 0.25) is 0 Å². The lowest BCUT2D eigenvalue weighted by Crippen LogP contribution is -2.25. The third kappa shape index (κ3) is 6.96. The third-order valence-corrected chi connectivity index (χ3v) is 6.85. The van der Waals surface area contributed by atoms with E-state index in [9.17, 15) is 31.9 Å². The summed E-state index contributed by atoms with van der Waals surface area (Å²) in [6, 6.07) is 18.2. The second kappa shape index (κ2) is 12.8. The maximum absolute atomic E-state index is 14.0. The van der Waals surface area contributed by atoms with Gasteiger partial charge in [0.25, 0.3) is 11.8 Å². The van der Waals surface area contributed by atoms with E-state index in [0.717, 1.165) is 6.08 Å². The molecule has 13 heteroatoms. The molecule has 8 nitrogen and oxygen atoms in total. The van der Waals surface area contributed by atoms with Crippen molar-refractivity contribution in [2.45, 2.75) is 19.6 Å². The summed E-state index contributed by atoms with van der Waals surface area (Å²) >= 11 is 6.24. The average molecular weight is 640 g/mol. The van der Waals surface area contributed by atoms with Crippen molar-refractivity contribution in [2.24, 2.45) is 5.10 Å². The van der Waals surface area contributed by atoms with Gasteiger partial charge in [0.15, 0.2) is 5.71 Å². The molecule has 0 fully saturated rings. The van der Waals surface area contributed by atoms with Crippen LogP contribution in [0.4, 0.5) is 23.2 Å². The molecule has 230 valence electrons. The van der Waals surface area contributed by atoms with Gasteiger partial charge in [-0.3, -0.25) is 9.59 Å². The largest absolute Gasteiger partial charge is 0.462 e. The summed E-state index contributed by atoms with van der Waals surface area (Å²) in [4.78, 5) is 38.1. The highest BCUT2D eigenvalue weighted by Crippen LogP contribution is 2.34. The minimum absolute atomic E-state index is 0.0329. The van der Waals surface area contributed by atoms with E-state index in [1.807, 2.05) is 0 Å². The minimum atomic E-state index is -4.99. The number of hydrazone groups is 1. The summed E-state index contributed by atoms with van der Waals surface area (Å²) in [5.41, 5.74) is -1.11. The van der Waals surface area contributed by atoms with Gasteiger partial charge >= 0.3 is 12.1 Å². The van der Waals surface area contributed by atoms with E-state index < -0.39 is 41.1 Å². The van der Waals surface area contributed by atoms with Crippen molar-refractivity contribution in [3.8, 4) is 11.3 Å². The monoisotopic (exact) mass is 639 g/mol. The highest BCUT2D eigenvalue weighted by atomic mass is 35.5. The van der Waals surface area contributed by atoms with E-state index in [4.69, 9.17) is 20.8 Å². The maximum Gasteiger partial charge on any atom is 0.435 e. The zero-order chi connectivity index (χ0) is 32.3. The fraction of sp³-hybridized carbons (Fsp3) is 0.125. The standard InChI is InChI=1S/C32H22ClF4N3O5/c1-2-44-31(43)20-4-3-5-22(14-20)40-30(42)25(28(39-40)32(35,36)37)16-23-11-13-27(45-23)19-8-12-26(33)24(15-19)29(41)38-17-18-6-9-21(34)10-7-18/h3-16H,2,17H2,1H3,(H,38,41)/b25-16+. The Balaban J connectivity index is 1.39. The smallest absolute Gasteiger partial charge is 0.435 e. The number of alkyl halides is 3. The van der Waals surface area contributed by atoms with Gasteiger partial charge < -0.3 is 14.5 Å². The molecule has 2 heterocycles. The Labute approximate surface area is 258 Å². The van der Waals surface area contributed by atoms with Crippen molar-refractivity contribution >= 4 is 46.9 Å². The van der Waals surface area contributed by atoms with Crippen molar-refractivity contribution in [3.05, 3.63) is 118 Å². The van der Waals surface area contributed by atoms with Crippen LogP contribution in [0.2, 0.25) is 5.02 Å².